The van der Waals surface area contributed by atoms with E-state index < -0.39 is 11.4 Å². The van der Waals surface area contributed by atoms with Gasteiger partial charge in [0.15, 0.2) is 5.84 Å². The summed E-state index contributed by atoms with van der Waals surface area (Å²) in [4.78, 5) is 15.3. The first-order valence-electron chi connectivity index (χ1n) is 5.25. The zero-order valence-corrected chi connectivity index (χ0v) is 9.69. The average molecular weight is 263 g/mol. The number of hydrogen-bond donors (Lipinski definition) is 2. The average Bonchev–Trinajstić information content (AvgIpc) is 2.40. The highest BCUT2D eigenvalue weighted by Crippen LogP contribution is 2.02. The maximum atomic E-state index is 13.0. The SMILES string of the molecule is N/C(=N/O)c1ccc(=O)n(Cc2cncc(F)c2)n1. The molecule has 8 heteroatoms. The Bertz CT molecular complexity index is 683. The van der Waals surface area contributed by atoms with Crippen LogP contribution in [0.15, 0.2) is 40.5 Å². The zero-order valence-electron chi connectivity index (χ0n) is 9.69. The van der Waals surface area contributed by atoms with Crippen molar-refractivity contribution in [3.8, 4) is 0 Å². The molecule has 2 heterocycles. The maximum absolute atomic E-state index is 13.0. The molecule has 0 fully saturated rings. The largest absolute Gasteiger partial charge is 0.409 e. The van der Waals surface area contributed by atoms with E-state index in [1.807, 2.05) is 0 Å². The van der Waals surface area contributed by atoms with Crippen LogP contribution in [0.4, 0.5) is 4.39 Å². The number of aromatic nitrogens is 3. The van der Waals surface area contributed by atoms with Crippen LogP contribution in [0.3, 0.4) is 0 Å². The van der Waals surface area contributed by atoms with Crippen molar-refractivity contribution >= 4 is 5.84 Å². The fraction of sp³-hybridized carbons (Fsp3) is 0.0909. The number of amidine groups is 1. The highest BCUT2D eigenvalue weighted by atomic mass is 19.1. The van der Waals surface area contributed by atoms with E-state index in [0.717, 1.165) is 10.9 Å². The number of halogens is 1. The van der Waals surface area contributed by atoms with E-state index in [1.165, 1.54) is 24.4 Å². The Hall–Kier alpha value is -2.77. The second-order valence-corrected chi connectivity index (χ2v) is 3.71. The molecule has 19 heavy (non-hydrogen) atoms. The van der Waals surface area contributed by atoms with E-state index >= 15 is 0 Å². The summed E-state index contributed by atoms with van der Waals surface area (Å²) in [5.41, 5.74) is 5.61. The van der Waals surface area contributed by atoms with Crippen LogP contribution in [-0.2, 0) is 6.54 Å². The van der Waals surface area contributed by atoms with Gasteiger partial charge in [0.2, 0.25) is 0 Å². The molecule has 7 nitrogen and oxygen atoms in total. The Kier molecular flexibility index (Phi) is 3.51. The first kappa shape index (κ1) is 12.7. The molecule has 0 unspecified atom stereocenters. The summed E-state index contributed by atoms with van der Waals surface area (Å²) in [5.74, 6) is -0.718. The minimum absolute atomic E-state index is 0.0378. The van der Waals surface area contributed by atoms with E-state index in [0.29, 0.717) is 5.56 Å². The monoisotopic (exact) mass is 263 g/mol. The first-order chi connectivity index (χ1) is 9.10. The molecule has 2 aromatic rings. The van der Waals surface area contributed by atoms with Gasteiger partial charge < -0.3 is 10.9 Å². The molecule has 0 saturated heterocycles. The van der Waals surface area contributed by atoms with Gasteiger partial charge in [-0.3, -0.25) is 9.78 Å². The molecule has 0 amide bonds. The topological polar surface area (TPSA) is 106 Å². The van der Waals surface area contributed by atoms with Crippen LogP contribution in [0.1, 0.15) is 11.3 Å². The molecule has 0 atom stereocenters. The highest BCUT2D eigenvalue weighted by molar-refractivity contribution is 5.94. The molecule has 0 spiro atoms. The Balaban J connectivity index is 2.37. The van der Waals surface area contributed by atoms with Crippen molar-refractivity contribution in [2.75, 3.05) is 0 Å². The van der Waals surface area contributed by atoms with Crippen molar-refractivity contribution in [3.63, 3.8) is 0 Å². The number of nitrogens with two attached hydrogens (primary N) is 1. The van der Waals surface area contributed by atoms with E-state index in [1.54, 1.807) is 0 Å². The summed E-state index contributed by atoms with van der Waals surface area (Å²) >= 11 is 0. The number of oxime groups is 1. The van der Waals surface area contributed by atoms with Gasteiger partial charge in [0.1, 0.15) is 11.5 Å². The number of hydrogen-bond acceptors (Lipinski definition) is 5. The molecule has 0 aliphatic carbocycles. The molecule has 2 rings (SSSR count). The van der Waals surface area contributed by atoms with Gasteiger partial charge in [-0.1, -0.05) is 5.16 Å². The predicted molar refractivity (Wildman–Crippen MR) is 64.3 cm³/mol. The standard InChI is InChI=1S/C11H10FN5O2/c12-8-3-7(4-14-5-8)6-17-10(18)2-1-9(15-17)11(13)16-19/h1-5,19H,6H2,(H2,13,16). The van der Waals surface area contributed by atoms with Gasteiger partial charge in [0, 0.05) is 12.3 Å². The summed E-state index contributed by atoms with van der Waals surface area (Å²) in [6.45, 7) is 0.0378. The van der Waals surface area contributed by atoms with Crippen molar-refractivity contribution in [1.82, 2.24) is 14.8 Å². The molecule has 0 aromatic carbocycles. The third kappa shape index (κ3) is 2.92. The second-order valence-electron chi connectivity index (χ2n) is 3.71. The van der Waals surface area contributed by atoms with Gasteiger partial charge in [0.25, 0.3) is 5.56 Å². The van der Waals surface area contributed by atoms with Crippen LogP contribution < -0.4 is 11.3 Å². The molecule has 98 valence electrons. The van der Waals surface area contributed by atoms with E-state index in [2.05, 4.69) is 15.2 Å². The van der Waals surface area contributed by atoms with Crippen LogP contribution >= 0.6 is 0 Å². The molecule has 0 radical (unpaired) electrons. The first-order valence-corrected chi connectivity index (χ1v) is 5.25. The Morgan fingerprint density at radius 3 is 2.95 bits per heavy atom. The molecule has 0 aliphatic rings. The predicted octanol–water partition coefficient (Wildman–Crippen LogP) is -0.0798. The maximum Gasteiger partial charge on any atom is 0.267 e. The lowest BCUT2D eigenvalue weighted by atomic mass is 10.3. The van der Waals surface area contributed by atoms with Crippen LogP contribution in [0.25, 0.3) is 0 Å². The van der Waals surface area contributed by atoms with Gasteiger partial charge in [0.05, 0.1) is 12.7 Å². The Morgan fingerprint density at radius 1 is 1.47 bits per heavy atom. The summed E-state index contributed by atoms with van der Waals surface area (Å²) in [7, 11) is 0. The molecule has 0 aliphatic heterocycles. The van der Waals surface area contributed by atoms with E-state index in [4.69, 9.17) is 10.9 Å². The second kappa shape index (κ2) is 5.25. The van der Waals surface area contributed by atoms with E-state index in [9.17, 15) is 9.18 Å². The molecule has 0 saturated carbocycles. The van der Waals surface area contributed by atoms with Crippen molar-refractivity contribution in [1.29, 1.82) is 0 Å². The smallest absolute Gasteiger partial charge is 0.267 e. The van der Waals surface area contributed by atoms with Crippen molar-refractivity contribution in [2.24, 2.45) is 10.9 Å². The Labute approximate surface area is 106 Å². The van der Waals surface area contributed by atoms with E-state index in [-0.39, 0.29) is 18.1 Å². The number of pyridine rings is 1. The molecule has 2 aromatic heterocycles. The molecular weight excluding hydrogens is 253 g/mol. The minimum Gasteiger partial charge on any atom is -0.409 e. The summed E-state index contributed by atoms with van der Waals surface area (Å²) < 4.78 is 14.1. The van der Waals surface area contributed by atoms with Gasteiger partial charge in [-0.2, -0.15) is 5.10 Å². The molecule has 3 N–H and O–H groups in total. The molecular formula is C11H10FN5O2. The third-order valence-corrected chi connectivity index (χ3v) is 2.33. The number of nitrogens with zero attached hydrogens (tertiary/aromatic N) is 4. The lowest BCUT2D eigenvalue weighted by molar-refractivity contribution is 0.318. The lowest BCUT2D eigenvalue weighted by Crippen LogP contribution is -2.27. The van der Waals surface area contributed by atoms with Crippen molar-refractivity contribution in [2.45, 2.75) is 6.54 Å². The van der Waals surface area contributed by atoms with Gasteiger partial charge in [-0.15, -0.1) is 0 Å². The van der Waals surface area contributed by atoms with Gasteiger partial charge >= 0.3 is 0 Å². The summed E-state index contributed by atoms with van der Waals surface area (Å²) in [6.07, 6.45) is 2.49. The quantitative estimate of drug-likeness (QED) is 0.348. The normalized spacial score (nSPS) is 11.5. The van der Waals surface area contributed by atoms with Crippen molar-refractivity contribution in [3.05, 3.63) is 58.0 Å². The van der Waals surface area contributed by atoms with Crippen LogP contribution in [-0.4, -0.2) is 25.8 Å². The van der Waals surface area contributed by atoms with Crippen molar-refractivity contribution < 1.29 is 9.60 Å². The summed E-state index contributed by atoms with van der Waals surface area (Å²) in [5, 5.41) is 15.3. The Morgan fingerprint density at radius 2 is 2.26 bits per heavy atom. The third-order valence-electron chi connectivity index (χ3n) is 2.33. The van der Waals surface area contributed by atoms with Gasteiger partial charge in [-0.05, 0) is 17.7 Å². The minimum atomic E-state index is -0.502. The van der Waals surface area contributed by atoms with Gasteiger partial charge in [-0.25, -0.2) is 9.07 Å². The lowest BCUT2D eigenvalue weighted by Gasteiger charge is -2.06. The van der Waals surface area contributed by atoms with Crippen LogP contribution in [0, 0.1) is 5.82 Å². The van der Waals surface area contributed by atoms with Crippen LogP contribution in [0.5, 0.6) is 0 Å². The van der Waals surface area contributed by atoms with Crippen LogP contribution in [0.2, 0.25) is 0 Å². The number of rotatable bonds is 3. The summed E-state index contributed by atoms with van der Waals surface area (Å²) in [6, 6.07) is 3.81. The zero-order chi connectivity index (χ0) is 13.8. The fourth-order valence-corrected chi connectivity index (χ4v) is 1.47. The highest BCUT2D eigenvalue weighted by Gasteiger charge is 2.06. The fourth-order valence-electron chi connectivity index (χ4n) is 1.47. The molecule has 0 bridgehead atoms.